The third kappa shape index (κ3) is 5.04. The molecule has 11 heteroatoms. The lowest BCUT2D eigenvalue weighted by molar-refractivity contribution is -0.384. The molecule has 1 aromatic heterocycles. The Kier molecular flexibility index (Phi) is 6.41. The molecule has 0 radical (unpaired) electrons. The van der Waals surface area contributed by atoms with Gasteiger partial charge < -0.3 is 24.8 Å². The number of nitro groups is 1. The number of carbonyl (C=O) groups is 2. The lowest BCUT2D eigenvalue weighted by Crippen LogP contribution is -2.34. The second kappa shape index (κ2) is 9.57. The first-order chi connectivity index (χ1) is 15.9. The largest absolute Gasteiger partial charge is 0.486 e. The van der Waals surface area contributed by atoms with Crippen molar-refractivity contribution >= 4 is 40.3 Å². The van der Waals surface area contributed by atoms with Crippen LogP contribution < -0.4 is 20.1 Å². The van der Waals surface area contributed by atoms with Crippen molar-refractivity contribution in [1.82, 2.24) is 0 Å². The fourth-order valence-electron chi connectivity index (χ4n) is 3.20. The SMILES string of the molecule is Nc1ccc([N+](=O)[O-])cc1C(=O)OCC(=O)N(Cc1cccs1)c1ccc2c(c1)OCCO2. The number of ether oxygens (including phenoxy) is 3. The number of esters is 1. The van der Waals surface area contributed by atoms with E-state index < -0.39 is 23.4 Å². The molecule has 3 aromatic rings. The van der Waals surface area contributed by atoms with Gasteiger partial charge in [-0.05, 0) is 29.6 Å². The number of rotatable bonds is 7. The quantitative estimate of drug-likeness (QED) is 0.241. The van der Waals surface area contributed by atoms with Crippen molar-refractivity contribution in [3.05, 3.63) is 74.5 Å². The predicted molar refractivity (Wildman–Crippen MR) is 121 cm³/mol. The molecule has 2 aromatic carbocycles. The van der Waals surface area contributed by atoms with Gasteiger partial charge in [0.15, 0.2) is 18.1 Å². The van der Waals surface area contributed by atoms with Crippen molar-refractivity contribution in [2.75, 3.05) is 30.5 Å². The first-order valence-corrected chi connectivity index (χ1v) is 10.7. The van der Waals surface area contributed by atoms with Crippen molar-refractivity contribution < 1.29 is 28.7 Å². The highest BCUT2D eigenvalue weighted by Gasteiger charge is 2.23. The van der Waals surface area contributed by atoms with Crippen LogP contribution >= 0.6 is 11.3 Å². The van der Waals surface area contributed by atoms with E-state index in [1.807, 2.05) is 17.5 Å². The molecule has 4 rings (SSSR count). The highest BCUT2D eigenvalue weighted by Crippen LogP contribution is 2.35. The van der Waals surface area contributed by atoms with Crippen LogP contribution in [0.3, 0.4) is 0 Å². The van der Waals surface area contributed by atoms with E-state index in [1.165, 1.54) is 28.4 Å². The number of fused-ring (bicyclic) bond motifs is 1. The molecule has 0 saturated heterocycles. The molecular formula is C22H19N3O7S. The molecule has 0 atom stereocenters. The number of benzene rings is 2. The van der Waals surface area contributed by atoms with Gasteiger partial charge in [-0.2, -0.15) is 0 Å². The van der Waals surface area contributed by atoms with Crippen molar-refractivity contribution in [3.63, 3.8) is 0 Å². The summed E-state index contributed by atoms with van der Waals surface area (Å²) in [4.78, 5) is 38.3. The minimum absolute atomic E-state index is 0.0142. The van der Waals surface area contributed by atoms with Gasteiger partial charge in [0.1, 0.15) is 13.2 Å². The van der Waals surface area contributed by atoms with Crippen LogP contribution in [0.1, 0.15) is 15.2 Å². The zero-order valence-corrected chi connectivity index (χ0v) is 18.1. The van der Waals surface area contributed by atoms with E-state index in [0.29, 0.717) is 30.4 Å². The minimum atomic E-state index is -0.928. The zero-order chi connectivity index (χ0) is 23.4. The smallest absolute Gasteiger partial charge is 0.341 e. The molecule has 0 spiro atoms. The molecule has 0 unspecified atom stereocenters. The number of hydrogen-bond donors (Lipinski definition) is 1. The Bertz CT molecular complexity index is 1200. The molecule has 0 bridgehead atoms. The molecule has 1 aliphatic rings. The van der Waals surface area contributed by atoms with E-state index >= 15 is 0 Å². The van der Waals surface area contributed by atoms with Crippen molar-refractivity contribution in [2.24, 2.45) is 0 Å². The van der Waals surface area contributed by atoms with Gasteiger partial charge in [-0.3, -0.25) is 14.9 Å². The highest BCUT2D eigenvalue weighted by atomic mass is 32.1. The summed E-state index contributed by atoms with van der Waals surface area (Å²) in [5.41, 5.74) is 5.83. The summed E-state index contributed by atoms with van der Waals surface area (Å²) in [5, 5.41) is 12.9. The van der Waals surface area contributed by atoms with E-state index in [4.69, 9.17) is 19.9 Å². The molecule has 1 amide bonds. The number of amides is 1. The number of anilines is 2. The number of non-ortho nitro benzene ring substituents is 1. The van der Waals surface area contributed by atoms with E-state index in [2.05, 4.69) is 0 Å². The third-order valence-electron chi connectivity index (χ3n) is 4.83. The normalized spacial score (nSPS) is 12.1. The lowest BCUT2D eigenvalue weighted by atomic mass is 10.1. The lowest BCUT2D eigenvalue weighted by Gasteiger charge is -2.25. The number of nitrogen functional groups attached to an aromatic ring is 1. The Morgan fingerprint density at radius 2 is 1.91 bits per heavy atom. The first kappa shape index (κ1) is 22.1. The van der Waals surface area contributed by atoms with Crippen LogP contribution in [0.25, 0.3) is 0 Å². The summed E-state index contributed by atoms with van der Waals surface area (Å²) in [5.74, 6) is -0.314. The average Bonchev–Trinajstić information content (AvgIpc) is 3.34. The molecular weight excluding hydrogens is 450 g/mol. The topological polar surface area (TPSA) is 134 Å². The number of carbonyl (C=O) groups excluding carboxylic acids is 2. The molecule has 2 N–H and O–H groups in total. The zero-order valence-electron chi connectivity index (χ0n) is 17.3. The van der Waals surface area contributed by atoms with Gasteiger partial charge in [-0.15, -0.1) is 11.3 Å². The number of thiophene rings is 1. The monoisotopic (exact) mass is 469 g/mol. The van der Waals surface area contributed by atoms with Crippen molar-refractivity contribution in [3.8, 4) is 11.5 Å². The maximum atomic E-state index is 13.1. The molecule has 2 heterocycles. The standard InChI is InChI=1S/C22H19N3O7S/c23-18-5-3-15(25(28)29)10-17(18)22(27)32-13-21(26)24(12-16-2-1-9-33-16)14-4-6-19-20(11-14)31-8-7-30-19/h1-6,9-11H,7-8,12-13,23H2. The highest BCUT2D eigenvalue weighted by molar-refractivity contribution is 7.09. The molecule has 0 fully saturated rings. The second-order valence-corrected chi connectivity index (χ2v) is 8.02. The second-order valence-electron chi connectivity index (χ2n) is 6.99. The van der Waals surface area contributed by atoms with Crippen LogP contribution in [-0.4, -0.2) is 36.6 Å². The third-order valence-corrected chi connectivity index (χ3v) is 5.69. The summed E-state index contributed by atoms with van der Waals surface area (Å²) in [7, 11) is 0. The van der Waals surface area contributed by atoms with Crippen LogP contribution in [0.2, 0.25) is 0 Å². The number of nitrogens with zero attached hydrogens (tertiary/aromatic N) is 2. The van der Waals surface area contributed by atoms with Gasteiger partial charge in [-0.25, -0.2) is 4.79 Å². The number of nitrogens with two attached hydrogens (primary N) is 1. The molecule has 0 saturated carbocycles. The van der Waals surface area contributed by atoms with E-state index in [-0.39, 0.29) is 23.5 Å². The van der Waals surface area contributed by atoms with Gasteiger partial charge in [0.2, 0.25) is 0 Å². The Hall–Kier alpha value is -4.12. The Morgan fingerprint density at radius 1 is 1.12 bits per heavy atom. The Morgan fingerprint density at radius 3 is 2.64 bits per heavy atom. The fraction of sp³-hybridized carbons (Fsp3) is 0.182. The summed E-state index contributed by atoms with van der Waals surface area (Å²) < 4.78 is 16.3. The molecule has 10 nitrogen and oxygen atoms in total. The Balaban J connectivity index is 1.53. The summed E-state index contributed by atoms with van der Waals surface area (Å²) >= 11 is 1.48. The molecule has 0 aliphatic carbocycles. The Labute approximate surface area is 192 Å². The molecule has 1 aliphatic heterocycles. The van der Waals surface area contributed by atoms with Gasteiger partial charge in [0, 0.05) is 34.5 Å². The average molecular weight is 469 g/mol. The van der Waals surface area contributed by atoms with Gasteiger partial charge in [-0.1, -0.05) is 6.07 Å². The summed E-state index contributed by atoms with van der Waals surface area (Å²) in [6.07, 6.45) is 0. The van der Waals surface area contributed by atoms with Crippen LogP contribution in [0.4, 0.5) is 17.1 Å². The maximum absolute atomic E-state index is 13.1. The summed E-state index contributed by atoms with van der Waals surface area (Å²) in [6.45, 7) is 0.520. The van der Waals surface area contributed by atoms with Gasteiger partial charge >= 0.3 is 5.97 Å². The van der Waals surface area contributed by atoms with Crippen LogP contribution in [0, 0.1) is 10.1 Å². The maximum Gasteiger partial charge on any atom is 0.341 e. The number of nitro benzene ring substituents is 1. The minimum Gasteiger partial charge on any atom is -0.486 e. The fourth-order valence-corrected chi connectivity index (χ4v) is 3.89. The van der Waals surface area contributed by atoms with Gasteiger partial charge in [0.05, 0.1) is 17.0 Å². The van der Waals surface area contributed by atoms with Crippen molar-refractivity contribution in [2.45, 2.75) is 6.54 Å². The predicted octanol–water partition coefficient (Wildman–Crippen LogP) is 3.40. The molecule has 33 heavy (non-hydrogen) atoms. The van der Waals surface area contributed by atoms with Crippen LogP contribution in [-0.2, 0) is 16.1 Å². The summed E-state index contributed by atoms with van der Waals surface area (Å²) in [6, 6.07) is 12.3. The van der Waals surface area contributed by atoms with Crippen molar-refractivity contribution in [1.29, 1.82) is 0 Å². The van der Waals surface area contributed by atoms with Gasteiger partial charge in [0.25, 0.3) is 11.6 Å². The number of hydrogen-bond acceptors (Lipinski definition) is 9. The van der Waals surface area contributed by atoms with E-state index in [1.54, 1.807) is 18.2 Å². The van der Waals surface area contributed by atoms with E-state index in [0.717, 1.165) is 10.9 Å². The van der Waals surface area contributed by atoms with E-state index in [9.17, 15) is 19.7 Å². The molecule has 170 valence electrons. The first-order valence-electron chi connectivity index (χ1n) is 9.86. The van der Waals surface area contributed by atoms with Crippen LogP contribution in [0.5, 0.6) is 11.5 Å². The van der Waals surface area contributed by atoms with Crippen LogP contribution in [0.15, 0.2) is 53.9 Å².